The highest BCUT2D eigenvalue weighted by Crippen LogP contribution is 2.28. The van der Waals surface area contributed by atoms with Gasteiger partial charge in [-0.25, -0.2) is 4.39 Å². The van der Waals surface area contributed by atoms with Crippen LogP contribution in [0.2, 0.25) is 0 Å². The standard InChI is InChI=1S/C22H19FN4O2S/c1-15(21(28)24-18-11-6-5-10-17(18)23)30-22-26-25-20(19-12-7-13-29-19)27(22)14-16-8-3-2-4-9-16/h2-13,15H,14H2,1H3,(H,24,28). The Hall–Kier alpha value is -3.39. The number of benzene rings is 2. The van der Waals surface area contributed by atoms with Crippen LogP contribution in [0.1, 0.15) is 12.5 Å². The van der Waals surface area contributed by atoms with E-state index < -0.39 is 11.1 Å². The molecule has 1 N–H and O–H groups in total. The normalized spacial score (nSPS) is 11.9. The van der Waals surface area contributed by atoms with E-state index in [1.807, 2.05) is 41.0 Å². The summed E-state index contributed by atoms with van der Waals surface area (Å²) >= 11 is 1.25. The molecular formula is C22H19FN4O2S. The molecule has 8 heteroatoms. The summed E-state index contributed by atoms with van der Waals surface area (Å²) in [6.45, 7) is 2.27. The van der Waals surface area contributed by atoms with E-state index in [2.05, 4.69) is 15.5 Å². The van der Waals surface area contributed by atoms with Gasteiger partial charge >= 0.3 is 0 Å². The zero-order chi connectivity index (χ0) is 20.9. The maximum atomic E-state index is 13.8. The number of carbonyl (C=O) groups excluding carboxylic acids is 1. The lowest BCUT2D eigenvalue weighted by atomic mass is 10.2. The molecule has 0 aliphatic carbocycles. The Balaban J connectivity index is 1.57. The number of para-hydroxylation sites is 1. The number of anilines is 1. The molecule has 2 heterocycles. The molecule has 0 saturated carbocycles. The van der Waals surface area contributed by atoms with E-state index in [4.69, 9.17) is 4.42 Å². The molecule has 0 aliphatic rings. The summed E-state index contributed by atoms with van der Waals surface area (Å²) < 4.78 is 21.3. The van der Waals surface area contributed by atoms with Crippen LogP contribution in [0, 0.1) is 5.82 Å². The maximum absolute atomic E-state index is 13.8. The number of amides is 1. The lowest BCUT2D eigenvalue weighted by molar-refractivity contribution is -0.115. The highest BCUT2D eigenvalue weighted by Gasteiger charge is 2.22. The Bertz CT molecular complexity index is 1130. The largest absolute Gasteiger partial charge is 0.461 e. The number of nitrogens with one attached hydrogen (secondary N) is 1. The first-order valence-corrected chi connectivity index (χ1v) is 10.2. The molecule has 0 bridgehead atoms. The van der Waals surface area contributed by atoms with E-state index in [0.29, 0.717) is 23.3 Å². The van der Waals surface area contributed by atoms with Crippen LogP contribution in [0.5, 0.6) is 0 Å². The van der Waals surface area contributed by atoms with Crippen LogP contribution in [0.15, 0.2) is 82.6 Å². The molecule has 6 nitrogen and oxygen atoms in total. The summed E-state index contributed by atoms with van der Waals surface area (Å²) in [6.07, 6.45) is 1.58. The Labute approximate surface area is 177 Å². The van der Waals surface area contributed by atoms with Crippen molar-refractivity contribution in [1.29, 1.82) is 0 Å². The fourth-order valence-electron chi connectivity index (χ4n) is 2.88. The van der Waals surface area contributed by atoms with Gasteiger partial charge in [-0.05, 0) is 36.8 Å². The Kier molecular flexibility index (Phi) is 5.94. The predicted molar refractivity (Wildman–Crippen MR) is 114 cm³/mol. The zero-order valence-corrected chi connectivity index (χ0v) is 17.0. The van der Waals surface area contributed by atoms with Gasteiger partial charge in [-0.2, -0.15) is 0 Å². The van der Waals surface area contributed by atoms with Crippen molar-refractivity contribution in [2.75, 3.05) is 5.32 Å². The summed E-state index contributed by atoms with van der Waals surface area (Å²) in [5.74, 6) is 0.371. The lowest BCUT2D eigenvalue weighted by Crippen LogP contribution is -2.23. The number of nitrogens with zero attached hydrogens (tertiary/aromatic N) is 3. The summed E-state index contributed by atoms with van der Waals surface area (Å²) in [4.78, 5) is 12.6. The average molecular weight is 422 g/mol. The quantitative estimate of drug-likeness (QED) is 0.431. The SMILES string of the molecule is CC(Sc1nnc(-c2ccco2)n1Cc1ccccc1)C(=O)Nc1ccccc1F. The van der Waals surface area contributed by atoms with Crippen molar-refractivity contribution in [2.24, 2.45) is 0 Å². The minimum absolute atomic E-state index is 0.150. The van der Waals surface area contributed by atoms with Crippen LogP contribution in [0.25, 0.3) is 11.6 Å². The molecule has 4 rings (SSSR count). The number of rotatable bonds is 7. The third-order valence-corrected chi connectivity index (χ3v) is 5.51. The summed E-state index contributed by atoms with van der Waals surface area (Å²) in [5, 5.41) is 11.2. The van der Waals surface area contributed by atoms with Gasteiger partial charge in [0.05, 0.1) is 23.7 Å². The third-order valence-electron chi connectivity index (χ3n) is 4.43. The number of hydrogen-bond donors (Lipinski definition) is 1. The van der Waals surface area contributed by atoms with E-state index >= 15 is 0 Å². The highest BCUT2D eigenvalue weighted by molar-refractivity contribution is 8.00. The van der Waals surface area contributed by atoms with E-state index in [-0.39, 0.29) is 11.6 Å². The lowest BCUT2D eigenvalue weighted by Gasteiger charge is -2.14. The Morgan fingerprint density at radius 2 is 1.87 bits per heavy atom. The van der Waals surface area contributed by atoms with E-state index in [1.54, 1.807) is 31.4 Å². The summed E-state index contributed by atoms with van der Waals surface area (Å²) in [6, 6.07) is 19.6. The van der Waals surface area contributed by atoms with Gasteiger partial charge in [0.1, 0.15) is 5.82 Å². The predicted octanol–water partition coefficient (Wildman–Crippen LogP) is 4.84. The number of thioether (sulfide) groups is 1. The average Bonchev–Trinajstić information content (AvgIpc) is 3.41. The molecule has 4 aromatic rings. The van der Waals surface area contributed by atoms with Gasteiger partial charge in [0.25, 0.3) is 0 Å². The van der Waals surface area contributed by atoms with Crippen LogP contribution in [-0.4, -0.2) is 25.9 Å². The second-order valence-corrected chi connectivity index (χ2v) is 7.89. The van der Waals surface area contributed by atoms with E-state index in [9.17, 15) is 9.18 Å². The van der Waals surface area contributed by atoms with Crippen molar-refractivity contribution < 1.29 is 13.6 Å². The molecule has 0 saturated heterocycles. The second-order valence-electron chi connectivity index (χ2n) is 6.58. The molecule has 0 aliphatic heterocycles. The van der Waals surface area contributed by atoms with Crippen LogP contribution < -0.4 is 5.32 Å². The van der Waals surface area contributed by atoms with Crippen LogP contribution in [0.3, 0.4) is 0 Å². The molecule has 1 unspecified atom stereocenters. The second kappa shape index (κ2) is 8.96. The van der Waals surface area contributed by atoms with Gasteiger partial charge in [0, 0.05) is 0 Å². The maximum Gasteiger partial charge on any atom is 0.237 e. The highest BCUT2D eigenvalue weighted by atomic mass is 32.2. The van der Waals surface area contributed by atoms with Gasteiger partial charge in [-0.1, -0.05) is 54.2 Å². The van der Waals surface area contributed by atoms with Gasteiger partial charge in [-0.3, -0.25) is 9.36 Å². The summed E-state index contributed by atoms with van der Waals surface area (Å²) in [5.41, 5.74) is 1.22. The van der Waals surface area contributed by atoms with E-state index in [0.717, 1.165) is 5.56 Å². The fourth-order valence-corrected chi connectivity index (χ4v) is 3.73. The first-order valence-electron chi connectivity index (χ1n) is 9.35. The molecule has 2 aromatic carbocycles. The number of furan rings is 1. The number of halogens is 1. The number of aromatic nitrogens is 3. The van der Waals surface area contributed by atoms with Crippen molar-refractivity contribution in [3.63, 3.8) is 0 Å². The van der Waals surface area contributed by atoms with Crippen molar-refractivity contribution >= 4 is 23.4 Å². The smallest absolute Gasteiger partial charge is 0.237 e. The summed E-state index contributed by atoms with van der Waals surface area (Å²) in [7, 11) is 0. The third kappa shape index (κ3) is 4.44. The molecule has 1 amide bonds. The van der Waals surface area contributed by atoms with Crippen molar-refractivity contribution in [1.82, 2.24) is 14.8 Å². The monoisotopic (exact) mass is 422 g/mol. The van der Waals surface area contributed by atoms with Gasteiger partial charge in [0.2, 0.25) is 11.7 Å². The Morgan fingerprint density at radius 3 is 2.60 bits per heavy atom. The number of carbonyl (C=O) groups is 1. The topological polar surface area (TPSA) is 73.0 Å². The molecule has 0 fully saturated rings. The molecule has 1 atom stereocenters. The first-order chi connectivity index (χ1) is 14.6. The van der Waals surface area contributed by atoms with E-state index in [1.165, 1.54) is 23.9 Å². The molecule has 152 valence electrons. The van der Waals surface area contributed by atoms with Crippen molar-refractivity contribution in [3.8, 4) is 11.6 Å². The zero-order valence-electron chi connectivity index (χ0n) is 16.2. The molecule has 0 radical (unpaired) electrons. The minimum atomic E-state index is -0.521. The molecule has 30 heavy (non-hydrogen) atoms. The Morgan fingerprint density at radius 1 is 1.10 bits per heavy atom. The van der Waals surface area contributed by atoms with Gasteiger partial charge in [0.15, 0.2) is 10.9 Å². The van der Waals surface area contributed by atoms with Crippen LogP contribution in [-0.2, 0) is 11.3 Å². The van der Waals surface area contributed by atoms with Crippen LogP contribution in [0.4, 0.5) is 10.1 Å². The molecular weight excluding hydrogens is 403 g/mol. The molecule has 0 spiro atoms. The van der Waals surface area contributed by atoms with Crippen molar-refractivity contribution in [3.05, 3.63) is 84.4 Å². The van der Waals surface area contributed by atoms with Gasteiger partial charge in [-0.15, -0.1) is 10.2 Å². The van der Waals surface area contributed by atoms with Crippen molar-refractivity contribution in [2.45, 2.75) is 23.9 Å². The number of hydrogen-bond acceptors (Lipinski definition) is 5. The molecule has 2 aromatic heterocycles. The minimum Gasteiger partial charge on any atom is -0.461 e. The van der Waals surface area contributed by atoms with Crippen LogP contribution >= 0.6 is 11.8 Å². The first kappa shape index (κ1) is 19.9. The fraction of sp³-hybridized carbons (Fsp3) is 0.136. The van der Waals surface area contributed by atoms with Gasteiger partial charge < -0.3 is 9.73 Å².